The van der Waals surface area contributed by atoms with E-state index in [1.54, 1.807) is 0 Å². The SMILES string of the molecule is Br.CCCCCCCCCCCC(C)(C)NCCOc1ccccc1. The highest BCUT2D eigenvalue weighted by atomic mass is 79.9. The monoisotopic (exact) mass is 413 g/mol. The predicted octanol–water partition coefficient (Wildman–Crippen LogP) is 6.93. The maximum absolute atomic E-state index is 5.74. The Hall–Kier alpha value is -0.540. The van der Waals surface area contributed by atoms with Gasteiger partial charge in [-0.1, -0.05) is 82.9 Å². The zero-order valence-corrected chi connectivity index (χ0v) is 18.4. The van der Waals surface area contributed by atoms with Gasteiger partial charge in [-0.2, -0.15) is 0 Å². The first-order valence-electron chi connectivity index (χ1n) is 10.1. The molecule has 0 unspecified atom stereocenters. The molecule has 1 aromatic carbocycles. The van der Waals surface area contributed by atoms with Crippen molar-refractivity contribution < 1.29 is 4.74 Å². The molecule has 0 atom stereocenters. The quantitative estimate of drug-likeness (QED) is 0.314. The van der Waals surface area contributed by atoms with Crippen molar-refractivity contribution in [1.82, 2.24) is 5.32 Å². The van der Waals surface area contributed by atoms with Crippen molar-refractivity contribution in [3.63, 3.8) is 0 Å². The second kappa shape index (κ2) is 15.7. The number of hydrogen-bond donors (Lipinski definition) is 1. The van der Waals surface area contributed by atoms with Gasteiger partial charge in [-0.3, -0.25) is 0 Å². The Morgan fingerprint density at radius 3 is 2.00 bits per heavy atom. The number of benzene rings is 1. The zero-order valence-electron chi connectivity index (χ0n) is 16.7. The fraction of sp³-hybridized carbons (Fsp3) is 0.727. The molecule has 25 heavy (non-hydrogen) atoms. The van der Waals surface area contributed by atoms with Crippen LogP contribution in [0.4, 0.5) is 0 Å². The second-order valence-corrected chi connectivity index (χ2v) is 7.55. The van der Waals surface area contributed by atoms with Gasteiger partial charge in [-0.15, -0.1) is 17.0 Å². The van der Waals surface area contributed by atoms with Gasteiger partial charge in [0.15, 0.2) is 0 Å². The highest BCUT2D eigenvalue weighted by Gasteiger charge is 2.15. The van der Waals surface area contributed by atoms with Crippen LogP contribution in [0.15, 0.2) is 30.3 Å². The summed E-state index contributed by atoms with van der Waals surface area (Å²) in [6.45, 7) is 8.52. The predicted molar refractivity (Wildman–Crippen MR) is 116 cm³/mol. The van der Waals surface area contributed by atoms with Crippen molar-refractivity contribution in [1.29, 1.82) is 0 Å². The van der Waals surface area contributed by atoms with Crippen molar-refractivity contribution >= 4 is 17.0 Å². The largest absolute Gasteiger partial charge is 0.492 e. The Labute approximate surface area is 166 Å². The Morgan fingerprint density at radius 1 is 0.840 bits per heavy atom. The lowest BCUT2D eigenvalue weighted by molar-refractivity contribution is 0.274. The normalized spacial score (nSPS) is 11.2. The Kier molecular flexibility index (Phi) is 15.4. The molecule has 0 spiro atoms. The van der Waals surface area contributed by atoms with Gasteiger partial charge in [0.25, 0.3) is 0 Å². The van der Waals surface area contributed by atoms with Crippen LogP contribution in [0.25, 0.3) is 0 Å². The van der Waals surface area contributed by atoms with Crippen molar-refractivity contribution in [3.8, 4) is 5.75 Å². The smallest absolute Gasteiger partial charge is 0.119 e. The molecule has 0 aliphatic heterocycles. The van der Waals surface area contributed by atoms with Crippen LogP contribution in [0.3, 0.4) is 0 Å². The lowest BCUT2D eigenvalue weighted by Gasteiger charge is -2.26. The molecule has 0 aliphatic rings. The standard InChI is InChI=1S/C22H39NO.BrH/c1-4-5-6-7-8-9-10-11-15-18-22(2,3)23-19-20-24-21-16-13-12-14-17-21;/h12-14,16-17,23H,4-11,15,18-20H2,1-3H3;1H. The molecule has 146 valence electrons. The Balaban J connectivity index is 0.00000576. The van der Waals surface area contributed by atoms with Crippen LogP contribution in [0.5, 0.6) is 5.75 Å². The topological polar surface area (TPSA) is 21.3 Å². The number of halogens is 1. The average Bonchev–Trinajstić information content (AvgIpc) is 2.58. The third kappa shape index (κ3) is 14.3. The van der Waals surface area contributed by atoms with Crippen LogP contribution in [-0.2, 0) is 0 Å². The molecule has 1 rings (SSSR count). The van der Waals surface area contributed by atoms with E-state index in [0.717, 1.165) is 18.9 Å². The van der Waals surface area contributed by atoms with Crippen molar-refractivity contribution in [2.45, 2.75) is 90.5 Å². The first-order chi connectivity index (χ1) is 11.6. The molecule has 0 radical (unpaired) electrons. The van der Waals surface area contributed by atoms with Gasteiger partial charge in [-0.25, -0.2) is 0 Å². The summed E-state index contributed by atoms with van der Waals surface area (Å²) in [7, 11) is 0. The van der Waals surface area contributed by atoms with Gasteiger partial charge < -0.3 is 10.1 Å². The minimum absolute atomic E-state index is 0. The number of unbranched alkanes of at least 4 members (excludes halogenated alkanes) is 8. The van der Waals surface area contributed by atoms with E-state index in [0.29, 0.717) is 0 Å². The summed E-state index contributed by atoms with van der Waals surface area (Å²) in [4.78, 5) is 0. The molecule has 0 bridgehead atoms. The molecule has 0 fully saturated rings. The van der Waals surface area contributed by atoms with E-state index in [4.69, 9.17) is 4.74 Å². The molecule has 2 nitrogen and oxygen atoms in total. The van der Waals surface area contributed by atoms with Crippen LogP contribution in [0.2, 0.25) is 0 Å². The average molecular weight is 414 g/mol. The Morgan fingerprint density at radius 2 is 1.40 bits per heavy atom. The van der Waals surface area contributed by atoms with E-state index in [9.17, 15) is 0 Å². The van der Waals surface area contributed by atoms with Crippen LogP contribution in [-0.4, -0.2) is 18.7 Å². The second-order valence-electron chi connectivity index (χ2n) is 7.55. The summed E-state index contributed by atoms with van der Waals surface area (Å²) in [5, 5.41) is 3.63. The summed E-state index contributed by atoms with van der Waals surface area (Å²) in [6.07, 6.45) is 13.8. The minimum Gasteiger partial charge on any atom is -0.492 e. The lowest BCUT2D eigenvalue weighted by Crippen LogP contribution is -2.41. The van der Waals surface area contributed by atoms with Crippen molar-refractivity contribution in [2.24, 2.45) is 0 Å². The number of nitrogens with one attached hydrogen (secondary N) is 1. The fourth-order valence-electron chi connectivity index (χ4n) is 3.04. The number of hydrogen-bond acceptors (Lipinski definition) is 2. The van der Waals surface area contributed by atoms with E-state index in [-0.39, 0.29) is 22.5 Å². The van der Waals surface area contributed by atoms with Crippen molar-refractivity contribution in [2.75, 3.05) is 13.2 Å². The van der Waals surface area contributed by atoms with E-state index in [2.05, 4.69) is 26.1 Å². The zero-order chi connectivity index (χ0) is 17.5. The summed E-state index contributed by atoms with van der Waals surface area (Å²) < 4.78 is 5.74. The maximum Gasteiger partial charge on any atom is 0.119 e. The van der Waals surface area contributed by atoms with Crippen LogP contribution in [0, 0.1) is 0 Å². The molecule has 1 aromatic rings. The van der Waals surface area contributed by atoms with Gasteiger partial charge in [0.1, 0.15) is 12.4 Å². The molecule has 0 saturated heterocycles. The van der Waals surface area contributed by atoms with Crippen LogP contribution < -0.4 is 10.1 Å². The highest BCUT2D eigenvalue weighted by molar-refractivity contribution is 8.93. The summed E-state index contributed by atoms with van der Waals surface area (Å²) in [6, 6.07) is 10.0. The molecule has 0 aliphatic carbocycles. The first-order valence-corrected chi connectivity index (χ1v) is 10.1. The highest BCUT2D eigenvalue weighted by Crippen LogP contribution is 2.16. The van der Waals surface area contributed by atoms with Gasteiger partial charge >= 0.3 is 0 Å². The maximum atomic E-state index is 5.74. The minimum atomic E-state index is 0. The number of ether oxygens (including phenoxy) is 1. The summed E-state index contributed by atoms with van der Waals surface area (Å²) >= 11 is 0. The van der Waals surface area contributed by atoms with Gasteiger partial charge in [0, 0.05) is 12.1 Å². The molecule has 3 heteroatoms. The molecule has 0 amide bonds. The van der Waals surface area contributed by atoms with E-state index in [1.165, 1.54) is 64.2 Å². The fourth-order valence-corrected chi connectivity index (χ4v) is 3.04. The molecule has 0 heterocycles. The Bertz CT molecular complexity index is 394. The molecule has 0 aromatic heterocycles. The van der Waals surface area contributed by atoms with Gasteiger partial charge in [0.05, 0.1) is 0 Å². The van der Waals surface area contributed by atoms with Crippen molar-refractivity contribution in [3.05, 3.63) is 30.3 Å². The first kappa shape index (κ1) is 24.5. The molecule has 1 N–H and O–H groups in total. The van der Waals surface area contributed by atoms with E-state index in [1.807, 2.05) is 30.3 Å². The number of rotatable bonds is 15. The number of para-hydroxylation sites is 1. The van der Waals surface area contributed by atoms with E-state index < -0.39 is 0 Å². The third-order valence-corrected chi connectivity index (χ3v) is 4.62. The molecular formula is C22H40BrNO. The lowest BCUT2D eigenvalue weighted by atomic mass is 9.96. The summed E-state index contributed by atoms with van der Waals surface area (Å²) in [5.41, 5.74) is 0.209. The van der Waals surface area contributed by atoms with Crippen LogP contribution >= 0.6 is 17.0 Å². The molecule has 0 saturated carbocycles. The van der Waals surface area contributed by atoms with Crippen LogP contribution in [0.1, 0.15) is 85.0 Å². The molecular weight excluding hydrogens is 374 g/mol. The third-order valence-electron chi connectivity index (χ3n) is 4.62. The summed E-state index contributed by atoms with van der Waals surface area (Å²) in [5.74, 6) is 0.955. The van der Waals surface area contributed by atoms with E-state index >= 15 is 0 Å². The van der Waals surface area contributed by atoms with Gasteiger partial charge in [0.2, 0.25) is 0 Å². The van der Waals surface area contributed by atoms with Gasteiger partial charge in [-0.05, 0) is 32.4 Å².